The summed E-state index contributed by atoms with van der Waals surface area (Å²) in [6.07, 6.45) is 3.71. The third-order valence-corrected chi connectivity index (χ3v) is 0.990. The maximum Gasteiger partial charge on any atom is 0.336 e. The van der Waals surface area contributed by atoms with Crippen LogP contribution >= 0.6 is 0 Å². The molecule has 0 saturated carbocycles. The summed E-state index contributed by atoms with van der Waals surface area (Å²) in [5, 5.41) is 9.06. The van der Waals surface area contributed by atoms with Gasteiger partial charge in [-0.3, -0.25) is 0 Å². The first-order valence-corrected chi connectivity index (χ1v) is 3.71. The molecular weight excluding hydrogens is 156 g/mol. The van der Waals surface area contributed by atoms with Crippen molar-refractivity contribution in [2.45, 2.75) is 38.9 Å². The second kappa shape index (κ2) is 4.13. The van der Waals surface area contributed by atoms with Gasteiger partial charge in [-0.1, -0.05) is 0 Å². The first-order valence-electron chi connectivity index (χ1n) is 3.71. The van der Waals surface area contributed by atoms with Crippen LogP contribution in [0.2, 0.25) is 0 Å². The molecule has 0 rings (SSSR count). The van der Waals surface area contributed by atoms with Crippen molar-refractivity contribution in [2.75, 3.05) is 0 Å². The molecule has 1 N–H and O–H groups in total. The number of carbonyl (C=O) groups is 1. The average Bonchev–Trinajstić information content (AvgIpc) is 1.84. The zero-order valence-electron chi connectivity index (χ0n) is 7.63. The Kier molecular flexibility index (Phi) is 3.78. The van der Waals surface area contributed by atoms with Gasteiger partial charge in [0.25, 0.3) is 0 Å². The molecule has 0 saturated heterocycles. The second-order valence-corrected chi connectivity index (χ2v) is 3.46. The Bertz CT molecular complexity index is 195. The summed E-state index contributed by atoms with van der Waals surface area (Å²) in [6.45, 7) is 5.19. The maximum absolute atomic E-state index is 11.0. The van der Waals surface area contributed by atoms with Crippen LogP contribution in [0.4, 0.5) is 0 Å². The van der Waals surface area contributed by atoms with Gasteiger partial charge in [0.05, 0.1) is 0 Å². The average molecular weight is 170 g/mol. The van der Waals surface area contributed by atoms with Crippen molar-refractivity contribution in [3.8, 4) is 12.3 Å². The van der Waals surface area contributed by atoms with Gasteiger partial charge in [-0.25, -0.2) is 4.79 Å². The van der Waals surface area contributed by atoms with Crippen molar-refractivity contribution in [3.05, 3.63) is 0 Å². The Morgan fingerprint density at radius 2 is 2.17 bits per heavy atom. The highest BCUT2D eigenvalue weighted by Crippen LogP contribution is 2.09. The molecule has 0 bridgehead atoms. The van der Waals surface area contributed by atoms with E-state index in [1.807, 2.05) is 0 Å². The lowest BCUT2D eigenvalue weighted by molar-refractivity contribution is -0.164. The normalized spacial score (nSPS) is 13.2. The van der Waals surface area contributed by atoms with Gasteiger partial charge >= 0.3 is 5.97 Å². The Morgan fingerprint density at radius 1 is 1.67 bits per heavy atom. The zero-order valence-corrected chi connectivity index (χ0v) is 7.63. The van der Waals surface area contributed by atoms with E-state index in [1.54, 1.807) is 20.8 Å². The van der Waals surface area contributed by atoms with Crippen molar-refractivity contribution in [3.63, 3.8) is 0 Å². The summed E-state index contributed by atoms with van der Waals surface area (Å²) in [6, 6.07) is 0. The first-order chi connectivity index (χ1) is 5.37. The smallest absolute Gasteiger partial charge is 0.336 e. The van der Waals surface area contributed by atoms with Crippen LogP contribution in [0.1, 0.15) is 27.2 Å². The highest BCUT2D eigenvalue weighted by atomic mass is 16.6. The predicted molar refractivity (Wildman–Crippen MR) is 45.3 cm³/mol. The number of aliphatic hydroxyl groups is 1. The predicted octanol–water partition coefficient (Wildman–Crippen LogP) is 0.712. The second-order valence-electron chi connectivity index (χ2n) is 3.46. The van der Waals surface area contributed by atoms with Crippen LogP contribution in [0, 0.1) is 12.3 Å². The molecule has 0 amide bonds. The standard InChI is InChI=1S/C9H14O3/c1-5-6-7(10)8(11)12-9(2,3)4/h1,7,10H,6H2,2-4H3/t7-/m1/s1. The van der Waals surface area contributed by atoms with Crippen LogP contribution in [0.15, 0.2) is 0 Å². The number of ether oxygens (including phenoxy) is 1. The van der Waals surface area contributed by atoms with Gasteiger partial charge in [0.15, 0.2) is 6.10 Å². The van der Waals surface area contributed by atoms with Crippen LogP contribution in [0.5, 0.6) is 0 Å². The molecule has 0 spiro atoms. The van der Waals surface area contributed by atoms with Crippen molar-refractivity contribution in [2.24, 2.45) is 0 Å². The zero-order chi connectivity index (χ0) is 9.78. The minimum Gasteiger partial charge on any atom is -0.458 e. The fourth-order valence-electron chi connectivity index (χ4n) is 0.565. The van der Waals surface area contributed by atoms with Gasteiger partial charge < -0.3 is 9.84 Å². The van der Waals surface area contributed by atoms with E-state index in [2.05, 4.69) is 5.92 Å². The summed E-state index contributed by atoms with van der Waals surface area (Å²) >= 11 is 0. The third kappa shape index (κ3) is 4.75. The van der Waals surface area contributed by atoms with E-state index in [-0.39, 0.29) is 6.42 Å². The molecule has 0 heterocycles. The molecule has 0 aliphatic carbocycles. The van der Waals surface area contributed by atoms with Crippen LogP contribution in [-0.4, -0.2) is 22.8 Å². The molecule has 0 fully saturated rings. The van der Waals surface area contributed by atoms with Gasteiger partial charge in [0, 0.05) is 6.42 Å². The van der Waals surface area contributed by atoms with Crippen LogP contribution in [-0.2, 0) is 9.53 Å². The highest BCUT2D eigenvalue weighted by molar-refractivity contribution is 5.75. The fourth-order valence-corrected chi connectivity index (χ4v) is 0.565. The third-order valence-electron chi connectivity index (χ3n) is 0.990. The molecule has 12 heavy (non-hydrogen) atoms. The van der Waals surface area contributed by atoms with Gasteiger partial charge in [0.1, 0.15) is 5.60 Å². The lowest BCUT2D eigenvalue weighted by Gasteiger charge is -2.20. The van der Waals surface area contributed by atoms with Gasteiger partial charge in [-0.2, -0.15) is 0 Å². The summed E-state index contributed by atoms with van der Waals surface area (Å²) in [5.41, 5.74) is -0.577. The highest BCUT2D eigenvalue weighted by Gasteiger charge is 2.22. The first kappa shape index (κ1) is 11.0. The molecule has 0 radical (unpaired) electrons. The number of esters is 1. The van der Waals surface area contributed by atoms with Gasteiger partial charge in [-0.05, 0) is 20.8 Å². The number of hydrogen-bond acceptors (Lipinski definition) is 3. The van der Waals surface area contributed by atoms with E-state index in [4.69, 9.17) is 16.3 Å². The van der Waals surface area contributed by atoms with E-state index in [9.17, 15) is 4.79 Å². The number of hydrogen-bond donors (Lipinski definition) is 1. The summed E-state index contributed by atoms with van der Waals surface area (Å²) in [7, 11) is 0. The van der Waals surface area contributed by atoms with Crippen molar-refractivity contribution >= 4 is 5.97 Å². The van der Waals surface area contributed by atoms with Crippen LogP contribution in [0.3, 0.4) is 0 Å². The maximum atomic E-state index is 11.0. The lowest BCUT2D eigenvalue weighted by Crippen LogP contribution is -2.31. The topological polar surface area (TPSA) is 46.5 Å². The SMILES string of the molecule is C#CC[C@@H](O)C(=O)OC(C)(C)C. The van der Waals surface area contributed by atoms with Gasteiger partial charge in [-0.15, -0.1) is 12.3 Å². The molecule has 0 aromatic carbocycles. The molecule has 1 atom stereocenters. The van der Waals surface area contributed by atoms with Crippen molar-refractivity contribution in [1.82, 2.24) is 0 Å². The Labute approximate surface area is 72.7 Å². The fraction of sp³-hybridized carbons (Fsp3) is 0.667. The molecule has 3 nitrogen and oxygen atoms in total. The monoisotopic (exact) mass is 170 g/mol. The number of terminal acetylenes is 1. The molecule has 0 unspecified atom stereocenters. The minimum atomic E-state index is -1.20. The lowest BCUT2D eigenvalue weighted by atomic mass is 10.2. The number of aliphatic hydroxyl groups excluding tert-OH is 1. The summed E-state index contributed by atoms with van der Waals surface area (Å²) in [4.78, 5) is 11.0. The van der Waals surface area contributed by atoms with Crippen molar-refractivity contribution in [1.29, 1.82) is 0 Å². The number of rotatable bonds is 2. The van der Waals surface area contributed by atoms with E-state index in [0.717, 1.165) is 0 Å². The molecular formula is C9H14O3. The Morgan fingerprint density at radius 3 is 2.50 bits per heavy atom. The molecule has 0 aliphatic heterocycles. The van der Waals surface area contributed by atoms with Crippen molar-refractivity contribution < 1.29 is 14.6 Å². The number of carbonyl (C=O) groups excluding carboxylic acids is 1. The van der Waals surface area contributed by atoms with Gasteiger partial charge in [0.2, 0.25) is 0 Å². The molecule has 68 valence electrons. The van der Waals surface area contributed by atoms with Crippen LogP contribution < -0.4 is 0 Å². The Balaban J connectivity index is 3.98. The molecule has 0 aromatic rings. The van der Waals surface area contributed by atoms with E-state index < -0.39 is 17.7 Å². The quantitative estimate of drug-likeness (QED) is 0.490. The molecule has 0 aromatic heterocycles. The minimum absolute atomic E-state index is 0.00505. The summed E-state index contributed by atoms with van der Waals surface area (Å²) < 4.78 is 4.87. The largest absolute Gasteiger partial charge is 0.458 e. The Hall–Kier alpha value is -1.01. The van der Waals surface area contributed by atoms with Crippen LogP contribution in [0.25, 0.3) is 0 Å². The molecule has 0 aliphatic rings. The summed E-state index contributed by atoms with van der Waals surface area (Å²) in [5.74, 6) is 1.52. The van der Waals surface area contributed by atoms with E-state index >= 15 is 0 Å². The van der Waals surface area contributed by atoms with E-state index in [1.165, 1.54) is 0 Å². The van der Waals surface area contributed by atoms with E-state index in [0.29, 0.717) is 0 Å². The molecule has 3 heteroatoms.